The summed E-state index contributed by atoms with van der Waals surface area (Å²) >= 11 is 4.66. The normalized spacial score (nSPS) is 15.6. The lowest BCUT2D eigenvalue weighted by Gasteiger charge is -2.26. The van der Waals surface area contributed by atoms with Crippen molar-refractivity contribution in [3.8, 4) is 0 Å². The van der Waals surface area contributed by atoms with Gasteiger partial charge >= 0.3 is 0 Å². The van der Waals surface area contributed by atoms with Gasteiger partial charge in [-0.25, -0.2) is 0 Å². The molecule has 0 amide bonds. The maximum Gasteiger partial charge on any atom is 0.0475 e. The molecule has 0 saturated carbocycles. The van der Waals surface area contributed by atoms with Gasteiger partial charge in [-0.1, -0.05) is 19.4 Å². The molecule has 1 atom stereocenters. The number of rotatable bonds is 7. The Morgan fingerprint density at radius 1 is 1.50 bits per heavy atom. The van der Waals surface area contributed by atoms with E-state index < -0.39 is 0 Å². The van der Waals surface area contributed by atoms with Crippen molar-refractivity contribution in [2.45, 2.75) is 37.4 Å². The minimum Gasteiger partial charge on any atom is -0.385 e. The maximum absolute atomic E-state index is 5.05. The van der Waals surface area contributed by atoms with Gasteiger partial charge in [0.2, 0.25) is 0 Å². The van der Waals surface area contributed by atoms with Gasteiger partial charge in [-0.3, -0.25) is 0 Å². The number of hydrogen-bond acceptors (Lipinski definition) is 2. The first-order chi connectivity index (χ1) is 5.68. The fourth-order valence-corrected chi connectivity index (χ4v) is 1.80. The van der Waals surface area contributed by atoms with Crippen LogP contribution in [0.2, 0.25) is 0 Å². The minimum atomic E-state index is 0.104. The molecule has 0 bridgehead atoms. The van der Waals surface area contributed by atoms with Gasteiger partial charge in [-0.15, -0.1) is 6.58 Å². The first-order valence-electron chi connectivity index (χ1n) is 4.50. The molecule has 1 unspecified atom stereocenters. The standard InChI is InChI=1S/C10H20OS/c1-4-6-10(12,7-5-2)8-9-11-3/h4,12H,1,5-9H2,2-3H3. The molecule has 12 heavy (non-hydrogen) atoms. The van der Waals surface area contributed by atoms with Crippen LogP contribution in [-0.2, 0) is 4.74 Å². The molecule has 0 saturated heterocycles. The highest BCUT2D eigenvalue weighted by atomic mass is 32.1. The van der Waals surface area contributed by atoms with Gasteiger partial charge in [-0.05, 0) is 19.3 Å². The molecule has 72 valence electrons. The molecule has 0 aliphatic carbocycles. The third-order valence-corrected chi connectivity index (χ3v) is 2.64. The van der Waals surface area contributed by atoms with E-state index in [0.29, 0.717) is 0 Å². The Balaban J connectivity index is 3.88. The van der Waals surface area contributed by atoms with Crippen LogP contribution in [0.4, 0.5) is 0 Å². The van der Waals surface area contributed by atoms with E-state index in [2.05, 4.69) is 26.1 Å². The highest BCUT2D eigenvalue weighted by Crippen LogP contribution is 2.29. The van der Waals surface area contributed by atoms with Crippen LogP contribution in [0.3, 0.4) is 0 Å². The van der Waals surface area contributed by atoms with Gasteiger partial charge in [-0.2, -0.15) is 12.6 Å². The van der Waals surface area contributed by atoms with E-state index in [1.54, 1.807) is 7.11 Å². The van der Waals surface area contributed by atoms with Crippen molar-refractivity contribution >= 4 is 12.6 Å². The average Bonchev–Trinajstić information content (AvgIpc) is 2.02. The molecule has 0 fully saturated rings. The zero-order valence-corrected chi connectivity index (χ0v) is 9.07. The van der Waals surface area contributed by atoms with Crippen LogP contribution in [0.25, 0.3) is 0 Å². The van der Waals surface area contributed by atoms with Gasteiger partial charge in [0.05, 0.1) is 0 Å². The van der Waals surface area contributed by atoms with Crippen molar-refractivity contribution < 1.29 is 4.74 Å². The van der Waals surface area contributed by atoms with E-state index in [1.165, 1.54) is 6.42 Å². The van der Waals surface area contributed by atoms with Crippen LogP contribution in [0.15, 0.2) is 12.7 Å². The van der Waals surface area contributed by atoms with Crippen LogP contribution in [0.1, 0.15) is 32.6 Å². The predicted molar refractivity (Wildman–Crippen MR) is 57.9 cm³/mol. The summed E-state index contributed by atoms with van der Waals surface area (Å²) in [4.78, 5) is 0. The van der Waals surface area contributed by atoms with E-state index in [9.17, 15) is 0 Å². The van der Waals surface area contributed by atoms with Gasteiger partial charge in [0.25, 0.3) is 0 Å². The lowest BCUT2D eigenvalue weighted by Crippen LogP contribution is -2.22. The molecule has 0 aliphatic heterocycles. The summed E-state index contributed by atoms with van der Waals surface area (Å²) in [5.41, 5.74) is 0. The fourth-order valence-electron chi connectivity index (χ4n) is 1.36. The molecule has 0 rings (SSSR count). The van der Waals surface area contributed by atoms with Gasteiger partial charge in [0.1, 0.15) is 0 Å². The van der Waals surface area contributed by atoms with Gasteiger partial charge in [0, 0.05) is 18.5 Å². The Morgan fingerprint density at radius 3 is 2.58 bits per heavy atom. The summed E-state index contributed by atoms with van der Waals surface area (Å²) in [5.74, 6) is 0. The van der Waals surface area contributed by atoms with Gasteiger partial charge in [0.15, 0.2) is 0 Å². The molecule has 0 aromatic rings. The number of ether oxygens (including phenoxy) is 1. The first-order valence-corrected chi connectivity index (χ1v) is 4.95. The summed E-state index contributed by atoms with van der Waals surface area (Å²) in [7, 11) is 1.73. The Morgan fingerprint density at radius 2 is 2.17 bits per heavy atom. The van der Waals surface area contributed by atoms with Crippen LogP contribution in [0.5, 0.6) is 0 Å². The molecule has 0 N–H and O–H groups in total. The second-order valence-corrected chi connectivity index (χ2v) is 4.16. The Bertz CT molecular complexity index is 125. The van der Waals surface area contributed by atoms with Crippen LogP contribution < -0.4 is 0 Å². The smallest absolute Gasteiger partial charge is 0.0475 e. The quantitative estimate of drug-likeness (QED) is 0.477. The molecule has 0 aliphatic rings. The zero-order valence-electron chi connectivity index (χ0n) is 8.18. The van der Waals surface area contributed by atoms with Crippen molar-refractivity contribution in [1.29, 1.82) is 0 Å². The van der Waals surface area contributed by atoms with E-state index in [-0.39, 0.29) is 4.75 Å². The SMILES string of the molecule is C=CCC(S)(CCC)CCOC. The van der Waals surface area contributed by atoms with Crippen molar-refractivity contribution in [3.63, 3.8) is 0 Å². The van der Waals surface area contributed by atoms with Crippen LogP contribution in [-0.4, -0.2) is 18.5 Å². The summed E-state index contributed by atoms with van der Waals surface area (Å²) in [6.07, 6.45) is 6.21. The second kappa shape index (κ2) is 6.55. The van der Waals surface area contributed by atoms with E-state index in [4.69, 9.17) is 4.74 Å². The van der Waals surface area contributed by atoms with Crippen molar-refractivity contribution in [2.75, 3.05) is 13.7 Å². The predicted octanol–water partition coefficient (Wildman–Crippen LogP) is 3.07. The minimum absolute atomic E-state index is 0.104. The molecule has 0 spiro atoms. The third kappa shape index (κ3) is 4.83. The largest absolute Gasteiger partial charge is 0.385 e. The van der Waals surface area contributed by atoms with E-state index >= 15 is 0 Å². The molecule has 0 radical (unpaired) electrons. The number of allylic oxidation sites excluding steroid dienone is 1. The summed E-state index contributed by atoms with van der Waals surface area (Å²) in [5, 5.41) is 0. The lowest BCUT2D eigenvalue weighted by molar-refractivity contribution is 0.182. The first kappa shape index (κ1) is 12.0. The van der Waals surface area contributed by atoms with Crippen LogP contribution in [0, 0.1) is 0 Å². The lowest BCUT2D eigenvalue weighted by atomic mass is 9.95. The van der Waals surface area contributed by atoms with Crippen molar-refractivity contribution in [3.05, 3.63) is 12.7 Å². The number of methoxy groups -OCH3 is 1. The monoisotopic (exact) mass is 188 g/mol. The van der Waals surface area contributed by atoms with Crippen molar-refractivity contribution in [1.82, 2.24) is 0 Å². The Labute approximate surface area is 81.6 Å². The van der Waals surface area contributed by atoms with Crippen LogP contribution >= 0.6 is 12.6 Å². The zero-order chi connectivity index (χ0) is 9.45. The maximum atomic E-state index is 5.05. The summed E-state index contributed by atoms with van der Waals surface area (Å²) < 4.78 is 5.15. The molecule has 0 heterocycles. The summed E-state index contributed by atoms with van der Waals surface area (Å²) in [6, 6.07) is 0. The Kier molecular flexibility index (Phi) is 6.58. The molecular formula is C10H20OS. The molecule has 0 aromatic carbocycles. The topological polar surface area (TPSA) is 9.23 Å². The molecular weight excluding hydrogens is 168 g/mol. The summed E-state index contributed by atoms with van der Waals surface area (Å²) in [6.45, 7) is 6.72. The highest BCUT2D eigenvalue weighted by Gasteiger charge is 2.21. The van der Waals surface area contributed by atoms with Crippen molar-refractivity contribution in [2.24, 2.45) is 0 Å². The highest BCUT2D eigenvalue weighted by molar-refractivity contribution is 7.81. The van der Waals surface area contributed by atoms with Gasteiger partial charge < -0.3 is 4.74 Å². The van der Waals surface area contributed by atoms with E-state index in [0.717, 1.165) is 25.9 Å². The second-order valence-electron chi connectivity index (χ2n) is 3.21. The third-order valence-electron chi connectivity index (χ3n) is 2.01. The molecule has 1 nitrogen and oxygen atoms in total. The average molecular weight is 188 g/mol. The molecule has 2 heteroatoms. The number of hydrogen-bond donors (Lipinski definition) is 1. The molecule has 0 aromatic heterocycles. The Hall–Kier alpha value is 0.0500. The number of thiol groups is 1. The fraction of sp³-hybridized carbons (Fsp3) is 0.800. The van der Waals surface area contributed by atoms with E-state index in [1.807, 2.05) is 6.08 Å².